The lowest BCUT2D eigenvalue weighted by Crippen LogP contribution is -2.42. The number of rotatable bonds is 3. The Hall–Kier alpha value is -1.79. The molecule has 0 saturated heterocycles. The van der Waals surface area contributed by atoms with E-state index in [1.54, 1.807) is 0 Å². The third kappa shape index (κ3) is 10.5. The van der Waals surface area contributed by atoms with Crippen LogP contribution in [0.4, 0.5) is 4.79 Å². The van der Waals surface area contributed by atoms with Crippen molar-refractivity contribution < 1.29 is 19.1 Å². The highest BCUT2D eigenvalue weighted by molar-refractivity contribution is 5.80. The third-order valence-corrected chi connectivity index (χ3v) is 1.42. The zero-order valence-corrected chi connectivity index (χ0v) is 10.5. The fourth-order valence-electron chi connectivity index (χ4n) is 0.799. The van der Waals surface area contributed by atoms with E-state index in [-0.39, 0.29) is 24.5 Å². The van der Waals surface area contributed by atoms with Gasteiger partial charge in [-0.3, -0.25) is 20.4 Å². The van der Waals surface area contributed by atoms with E-state index in [1.165, 1.54) is 6.92 Å². The molecule has 0 atom stereocenters. The SMILES string of the molecule is CC(=O)NNC(=O)CCOC(=O)NC(C)(C)C. The Balaban J connectivity index is 3.66. The van der Waals surface area contributed by atoms with Crippen molar-refractivity contribution >= 4 is 17.9 Å². The van der Waals surface area contributed by atoms with Gasteiger partial charge in [-0.05, 0) is 20.8 Å². The number of hydrogen-bond donors (Lipinski definition) is 3. The molecule has 0 aromatic carbocycles. The fourth-order valence-corrected chi connectivity index (χ4v) is 0.799. The van der Waals surface area contributed by atoms with Crippen molar-refractivity contribution in [3.8, 4) is 0 Å². The molecule has 0 unspecified atom stereocenters. The Labute approximate surface area is 100 Å². The number of carbonyl (C=O) groups is 3. The van der Waals surface area contributed by atoms with E-state index in [9.17, 15) is 14.4 Å². The second kappa shape index (κ2) is 6.72. The number of alkyl carbamates (subject to hydrolysis) is 1. The average Bonchev–Trinajstić information content (AvgIpc) is 2.11. The molecule has 0 aliphatic rings. The Morgan fingerprint density at radius 1 is 1.12 bits per heavy atom. The van der Waals surface area contributed by atoms with Crippen LogP contribution < -0.4 is 16.2 Å². The molecular formula is C10H19N3O4. The molecule has 0 aromatic heterocycles. The van der Waals surface area contributed by atoms with E-state index in [0.29, 0.717) is 0 Å². The lowest BCUT2D eigenvalue weighted by atomic mass is 10.1. The first-order chi connectivity index (χ1) is 7.70. The molecular weight excluding hydrogens is 226 g/mol. The minimum absolute atomic E-state index is 0.0160. The van der Waals surface area contributed by atoms with Gasteiger partial charge in [-0.15, -0.1) is 0 Å². The van der Waals surface area contributed by atoms with Gasteiger partial charge >= 0.3 is 6.09 Å². The summed E-state index contributed by atoms with van der Waals surface area (Å²) in [6, 6.07) is 0. The van der Waals surface area contributed by atoms with Crippen LogP contribution in [-0.2, 0) is 14.3 Å². The molecule has 98 valence electrons. The highest BCUT2D eigenvalue weighted by Gasteiger charge is 2.14. The molecule has 0 heterocycles. The predicted molar refractivity (Wildman–Crippen MR) is 60.8 cm³/mol. The third-order valence-electron chi connectivity index (χ3n) is 1.42. The Morgan fingerprint density at radius 2 is 1.71 bits per heavy atom. The average molecular weight is 245 g/mol. The Bertz CT molecular complexity index is 296. The smallest absolute Gasteiger partial charge is 0.407 e. The summed E-state index contributed by atoms with van der Waals surface area (Å²) in [6.45, 7) is 6.67. The van der Waals surface area contributed by atoms with Crippen molar-refractivity contribution in [3.05, 3.63) is 0 Å². The molecule has 0 radical (unpaired) electrons. The summed E-state index contributed by atoms with van der Waals surface area (Å²) in [5, 5.41) is 2.58. The van der Waals surface area contributed by atoms with Crippen LogP contribution in [0.1, 0.15) is 34.1 Å². The molecule has 0 aromatic rings. The molecule has 0 bridgehead atoms. The van der Waals surface area contributed by atoms with Gasteiger partial charge in [0.1, 0.15) is 6.61 Å². The van der Waals surface area contributed by atoms with Crippen LogP contribution in [0.15, 0.2) is 0 Å². The van der Waals surface area contributed by atoms with E-state index in [0.717, 1.165) is 0 Å². The molecule has 3 N–H and O–H groups in total. The first-order valence-electron chi connectivity index (χ1n) is 5.21. The lowest BCUT2D eigenvalue weighted by molar-refractivity contribution is -0.128. The second-order valence-corrected chi connectivity index (χ2v) is 4.49. The van der Waals surface area contributed by atoms with E-state index in [4.69, 9.17) is 4.74 Å². The fraction of sp³-hybridized carbons (Fsp3) is 0.700. The summed E-state index contributed by atoms with van der Waals surface area (Å²) >= 11 is 0. The summed E-state index contributed by atoms with van der Waals surface area (Å²) in [7, 11) is 0. The summed E-state index contributed by atoms with van der Waals surface area (Å²) in [6.07, 6.45) is -0.595. The molecule has 7 nitrogen and oxygen atoms in total. The van der Waals surface area contributed by atoms with Gasteiger partial charge in [-0.1, -0.05) is 0 Å². The monoisotopic (exact) mass is 245 g/mol. The maximum atomic E-state index is 11.2. The van der Waals surface area contributed by atoms with Crippen LogP contribution >= 0.6 is 0 Å². The summed E-state index contributed by atoms with van der Waals surface area (Å²) in [4.78, 5) is 32.7. The number of amides is 3. The maximum absolute atomic E-state index is 11.2. The van der Waals surface area contributed by atoms with Crippen LogP contribution in [0.25, 0.3) is 0 Å². The maximum Gasteiger partial charge on any atom is 0.407 e. The van der Waals surface area contributed by atoms with Gasteiger partial charge in [-0.2, -0.15) is 0 Å². The summed E-state index contributed by atoms with van der Waals surface area (Å²) < 4.78 is 4.77. The van der Waals surface area contributed by atoms with Crippen molar-refractivity contribution in [3.63, 3.8) is 0 Å². The van der Waals surface area contributed by atoms with Gasteiger partial charge in [0.05, 0.1) is 6.42 Å². The molecule has 17 heavy (non-hydrogen) atoms. The predicted octanol–water partition coefficient (Wildman–Crippen LogP) is 0.0685. The van der Waals surface area contributed by atoms with Crippen LogP contribution in [-0.4, -0.2) is 30.1 Å². The van der Waals surface area contributed by atoms with Crippen LogP contribution in [0, 0.1) is 0 Å². The molecule has 7 heteroatoms. The first kappa shape index (κ1) is 15.2. The van der Waals surface area contributed by atoms with E-state index < -0.39 is 12.0 Å². The zero-order valence-electron chi connectivity index (χ0n) is 10.5. The molecule has 3 amide bonds. The minimum atomic E-state index is -0.579. The zero-order chi connectivity index (χ0) is 13.5. The van der Waals surface area contributed by atoms with Gasteiger partial charge in [0, 0.05) is 12.5 Å². The molecule has 0 spiro atoms. The van der Waals surface area contributed by atoms with Gasteiger partial charge in [0.25, 0.3) is 0 Å². The Kier molecular flexibility index (Phi) is 6.01. The highest BCUT2D eigenvalue weighted by atomic mass is 16.5. The van der Waals surface area contributed by atoms with Gasteiger partial charge in [0.15, 0.2) is 0 Å². The molecule has 0 aliphatic carbocycles. The normalized spacial score (nSPS) is 10.4. The highest BCUT2D eigenvalue weighted by Crippen LogP contribution is 1.99. The Morgan fingerprint density at radius 3 is 2.18 bits per heavy atom. The van der Waals surface area contributed by atoms with E-state index in [2.05, 4.69) is 16.2 Å². The van der Waals surface area contributed by atoms with Gasteiger partial charge in [0.2, 0.25) is 11.8 Å². The quantitative estimate of drug-likeness (QED) is 0.613. The minimum Gasteiger partial charge on any atom is -0.449 e. The van der Waals surface area contributed by atoms with Crippen molar-refractivity contribution in [1.29, 1.82) is 0 Å². The van der Waals surface area contributed by atoms with Crippen molar-refractivity contribution in [2.75, 3.05) is 6.61 Å². The van der Waals surface area contributed by atoms with Crippen LogP contribution in [0.5, 0.6) is 0 Å². The van der Waals surface area contributed by atoms with Crippen LogP contribution in [0.3, 0.4) is 0 Å². The van der Waals surface area contributed by atoms with Gasteiger partial charge in [-0.25, -0.2) is 4.79 Å². The van der Waals surface area contributed by atoms with E-state index >= 15 is 0 Å². The number of ether oxygens (including phenoxy) is 1. The van der Waals surface area contributed by atoms with Crippen molar-refractivity contribution in [2.24, 2.45) is 0 Å². The second-order valence-electron chi connectivity index (χ2n) is 4.49. The topological polar surface area (TPSA) is 96.5 Å². The number of hydrogen-bond acceptors (Lipinski definition) is 4. The van der Waals surface area contributed by atoms with E-state index in [1.807, 2.05) is 20.8 Å². The largest absolute Gasteiger partial charge is 0.449 e. The molecule has 0 fully saturated rings. The number of hydrazine groups is 1. The summed E-state index contributed by atoms with van der Waals surface area (Å²) in [5.74, 6) is -0.798. The lowest BCUT2D eigenvalue weighted by Gasteiger charge is -2.19. The standard InChI is InChI=1S/C10H19N3O4/c1-7(14)12-13-8(15)5-6-17-9(16)11-10(2,3)4/h5-6H2,1-4H3,(H,11,16)(H,12,14)(H,13,15). The summed E-state index contributed by atoms with van der Waals surface area (Å²) in [5.41, 5.74) is 3.90. The van der Waals surface area contributed by atoms with Crippen molar-refractivity contribution in [2.45, 2.75) is 39.7 Å². The number of carbonyl (C=O) groups excluding carboxylic acids is 3. The molecule has 0 rings (SSSR count). The molecule has 0 aliphatic heterocycles. The van der Waals surface area contributed by atoms with Gasteiger partial charge < -0.3 is 10.1 Å². The van der Waals surface area contributed by atoms with Crippen LogP contribution in [0.2, 0.25) is 0 Å². The first-order valence-corrected chi connectivity index (χ1v) is 5.21. The molecule has 0 saturated carbocycles. The van der Waals surface area contributed by atoms with Crippen molar-refractivity contribution in [1.82, 2.24) is 16.2 Å². The number of nitrogens with one attached hydrogen (secondary N) is 3.